The molecule has 1 saturated heterocycles. The van der Waals surface area contributed by atoms with Gasteiger partial charge in [-0.2, -0.15) is 0 Å². The van der Waals surface area contributed by atoms with Crippen LogP contribution in [0.3, 0.4) is 0 Å². The van der Waals surface area contributed by atoms with Crippen molar-refractivity contribution in [1.82, 2.24) is 4.98 Å². The maximum absolute atomic E-state index is 12.6. The van der Waals surface area contributed by atoms with Gasteiger partial charge in [-0.3, -0.25) is 19.5 Å². The first-order valence-electron chi connectivity index (χ1n) is 7.10. The normalized spacial score (nSPS) is 15.9. The molecule has 1 aliphatic rings. The van der Waals surface area contributed by atoms with E-state index in [1.165, 1.54) is 23.6 Å². The number of amides is 2. The second kappa shape index (κ2) is 6.94. The number of nitrogens with one attached hydrogen (secondary N) is 1. The minimum atomic E-state index is -0.163. The summed E-state index contributed by atoms with van der Waals surface area (Å²) < 4.78 is 0.481. The summed E-state index contributed by atoms with van der Waals surface area (Å²) in [5, 5.41) is 2.70. The largest absolute Gasteiger partial charge is 0.326 e. The van der Waals surface area contributed by atoms with Gasteiger partial charge in [0.1, 0.15) is 0 Å². The fraction of sp³-hybridized carbons (Fsp3) is 0.0588. The number of thioether (sulfide) groups is 1. The standard InChI is InChI=1S/C17H13N3O2S2/c1-11(21)19-13-6-4-12(5-7-13)9-15-16(22)20(17(23)24-15)14-3-2-8-18-10-14/h2-10H,1H3,(H,19,21)/b15-9-. The lowest BCUT2D eigenvalue weighted by Crippen LogP contribution is -2.27. The second-order valence-corrected chi connectivity index (χ2v) is 6.71. The van der Waals surface area contributed by atoms with Gasteiger partial charge in [0.05, 0.1) is 16.8 Å². The third-order valence-corrected chi connectivity index (χ3v) is 4.53. The van der Waals surface area contributed by atoms with Crippen molar-refractivity contribution in [1.29, 1.82) is 0 Å². The van der Waals surface area contributed by atoms with Crippen LogP contribution >= 0.6 is 24.0 Å². The number of pyridine rings is 1. The fourth-order valence-electron chi connectivity index (χ4n) is 2.19. The van der Waals surface area contributed by atoms with Gasteiger partial charge in [-0.25, -0.2) is 0 Å². The summed E-state index contributed by atoms with van der Waals surface area (Å²) in [4.78, 5) is 29.7. The van der Waals surface area contributed by atoms with Gasteiger partial charge in [0, 0.05) is 18.8 Å². The number of nitrogens with zero attached hydrogens (tertiary/aromatic N) is 2. The maximum Gasteiger partial charge on any atom is 0.270 e. The lowest BCUT2D eigenvalue weighted by atomic mass is 10.2. The molecular weight excluding hydrogens is 342 g/mol. The molecule has 0 unspecified atom stereocenters. The number of carbonyl (C=O) groups is 2. The maximum atomic E-state index is 12.6. The van der Waals surface area contributed by atoms with Crippen LogP contribution in [0.25, 0.3) is 6.08 Å². The van der Waals surface area contributed by atoms with Crippen molar-refractivity contribution in [3.05, 3.63) is 59.3 Å². The van der Waals surface area contributed by atoms with Gasteiger partial charge in [-0.1, -0.05) is 36.1 Å². The lowest BCUT2D eigenvalue weighted by Gasteiger charge is -2.13. The number of rotatable bonds is 3. The van der Waals surface area contributed by atoms with E-state index in [9.17, 15) is 9.59 Å². The molecule has 1 fully saturated rings. The summed E-state index contributed by atoms with van der Waals surface area (Å²) in [5.74, 6) is -0.288. The van der Waals surface area contributed by atoms with Gasteiger partial charge < -0.3 is 5.32 Å². The highest BCUT2D eigenvalue weighted by Crippen LogP contribution is 2.35. The Hall–Kier alpha value is -2.51. The summed E-state index contributed by atoms with van der Waals surface area (Å²) in [7, 11) is 0. The van der Waals surface area contributed by atoms with Crippen LogP contribution in [-0.2, 0) is 9.59 Å². The number of benzene rings is 1. The zero-order valence-electron chi connectivity index (χ0n) is 12.7. The molecule has 1 N–H and O–H groups in total. The van der Waals surface area contributed by atoms with Crippen molar-refractivity contribution in [2.45, 2.75) is 6.92 Å². The SMILES string of the molecule is CC(=O)Nc1ccc(/C=C2\SC(=S)N(c3cccnc3)C2=O)cc1. The molecule has 2 amide bonds. The van der Waals surface area contributed by atoms with E-state index in [1.54, 1.807) is 42.7 Å². The van der Waals surface area contributed by atoms with E-state index < -0.39 is 0 Å². The van der Waals surface area contributed by atoms with Crippen LogP contribution in [-0.4, -0.2) is 21.1 Å². The van der Waals surface area contributed by atoms with Crippen LogP contribution < -0.4 is 10.2 Å². The first-order chi connectivity index (χ1) is 11.5. The van der Waals surface area contributed by atoms with E-state index in [4.69, 9.17) is 12.2 Å². The van der Waals surface area contributed by atoms with Crippen LogP contribution in [0.2, 0.25) is 0 Å². The Balaban J connectivity index is 1.82. The van der Waals surface area contributed by atoms with Gasteiger partial charge in [-0.05, 0) is 35.9 Å². The molecule has 0 radical (unpaired) electrons. The average molecular weight is 355 g/mol. The van der Waals surface area contributed by atoms with E-state index in [2.05, 4.69) is 10.3 Å². The molecule has 2 heterocycles. The zero-order chi connectivity index (χ0) is 17.1. The molecule has 1 aromatic heterocycles. The van der Waals surface area contributed by atoms with Crippen LogP contribution in [0.5, 0.6) is 0 Å². The highest BCUT2D eigenvalue weighted by atomic mass is 32.2. The molecule has 5 nitrogen and oxygen atoms in total. The Morgan fingerprint density at radius 3 is 2.67 bits per heavy atom. The Morgan fingerprint density at radius 1 is 1.29 bits per heavy atom. The number of aromatic nitrogens is 1. The van der Waals surface area contributed by atoms with Crippen LogP contribution in [0.15, 0.2) is 53.7 Å². The quantitative estimate of drug-likeness (QED) is 0.675. The molecule has 0 bridgehead atoms. The van der Waals surface area contributed by atoms with Crippen LogP contribution in [0.4, 0.5) is 11.4 Å². The first kappa shape index (κ1) is 16.4. The number of hydrogen-bond acceptors (Lipinski definition) is 5. The summed E-state index contributed by atoms with van der Waals surface area (Å²) in [6, 6.07) is 10.8. The minimum absolute atomic E-state index is 0.125. The molecule has 0 saturated carbocycles. The summed E-state index contributed by atoms with van der Waals surface area (Å²) in [6.07, 6.45) is 5.04. The molecule has 2 aromatic rings. The molecular formula is C17H13N3O2S2. The van der Waals surface area contributed by atoms with Crippen molar-refractivity contribution in [2.24, 2.45) is 0 Å². The van der Waals surface area contributed by atoms with E-state index in [1.807, 2.05) is 12.1 Å². The summed E-state index contributed by atoms with van der Waals surface area (Å²) >= 11 is 6.57. The van der Waals surface area contributed by atoms with E-state index >= 15 is 0 Å². The zero-order valence-corrected chi connectivity index (χ0v) is 14.4. The van der Waals surface area contributed by atoms with Crippen LogP contribution in [0.1, 0.15) is 12.5 Å². The van der Waals surface area contributed by atoms with E-state index in [-0.39, 0.29) is 11.8 Å². The second-order valence-electron chi connectivity index (χ2n) is 5.03. The smallest absolute Gasteiger partial charge is 0.270 e. The Kier molecular flexibility index (Phi) is 4.73. The Labute approximate surface area is 148 Å². The van der Waals surface area contributed by atoms with Crippen molar-refractivity contribution >= 4 is 57.6 Å². The van der Waals surface area contributed by atoms with Gasteiger partial charge >= 0.3 is 0 Å². The third kappa shape index (κ3) is 3.52. The molecule has 0 atom stereocenters. The van der Waals surface area contributed by atoms with E-state index in [0.29, 0.717) is 20.6 Å². The molecule has 7 heteroatoms. The first-order valence-corrected chi connectivity index (χ1v) is 8.33. The van der Waals surface area contributed by atoms with Crippen molar-refractivity contribution in [2.75, 3.05) is 10.2 Å². The fourth-order valence-corrected chi connectivity index (χ4v) is 3.49. The summed E-state index contributed by atoms with van der Waals surface area (Å²) in [6.45, 7) is 1.46. The van der Waals surface area contributed by atoms with Gasteiger partial charge in [0.25, 0.3) is 5.91 Å². The molecule has 0 spiro atoms. The number of hydrogen-bond donors (Lipinski definition) is 1. The van der Waals surface area contributed by atoms with E-state index in [0.717, 1.165) is 5.56 Å². The molecule has 120 valence electrons. The monoisotopic (exact) mass is 355 g/mol. The summed E-state index contributed by atoms with van der Waals surface area (Å²) in [5.41, 5.74) is 2.22. The molecule has 1 aliphatic heterocycles. The molecule has 0 aliphatic carbocycles. The predicted octanol–water partition coefficient (Wildman–Crippen LogP) is 3.45. The third-order valence-electron chi connectivity index (χ3n) is 3.23. The van der Waals surface area contributed by atoms with Crippen molar-refractivity contribution in [3.63, 3.8) is 0 Å². The minimum Gasteiger partial charge on any atom is -0.326 e. The van der Waals surface area contributed by atoms with Crippen molar-refractivity contribution < 1.29 is 9.59 Å². The van der Waals surface area contributed by atoms with Gasteiger partial charge in [0.15, 0.2) is 4.32 Å². The number of anilines is 2. The average Bonchev–Trinajstić information content (AvgIpc) is 2.83. The Bertz CT molecular complexity index is 833. The van der Waals surface area contributed by atoms with Gasteiger partial charge in [-0.15, -0.1) is 0 Å². The highest BCUT2D eigenvalue weighted by Gasteiger charge is 2.33. The number of carbonyl (C=O) groups excluding carboxylic acids is 2. The van der Waals surface area contributed by atoms with Crippen LogP contribution in [0, 0.1) is 0 Å². The van der Waals surface area contributed by atoms with Gasteiger partial charge in [0.2, 0.25) is 5.91 Å². The molecule has 24 heavy (non-hydrogen) atoms. The Morgan fingerprint density at radius 2 is 2.04 bits per heavy atom. The predicted molar refractivity (Wildman–Crippen MR) is 101 cm³/mol. The van der Waals surface area contributed by atoms with Crippen molar-refractivity contribution in [3.8, 4) is 0 Å². The highest BCUT2D eigenvalue weighted by molar-refractivity contribution is 8.27. The lowest BCUT2D eigenvalue weighted by molar-refractivity contribution is -0.114. The topological polar surface area (TPSA) is 62.3 Å². The number of thiocarbonyl (C=S) groups is 1. The molecule has 1 aromatic carbocycles. The molecule has 3 rings (SSSR count).